The van der Waals surface area contributed by atoms with E-state index in [1.807, 2.05) is 24.3 Å². The number of anilines is 1. The van der Waals surface area contributed by atoms with E-state index in [9.17, 15) is 14.7 Å². The molecule has 1 heterocycles. The number of carboxylic acid groups (broad SMARTS) is 2. The summed E-state index contributed by atoms with van der Waals surface area (Å²) in [6.07, 6.45) is 4.92. The van der Waals surface area contributed by atoms with Crippen molar-refractivity contribution >= 4 is 23.5 Å². The maximum Gasteiger partial charge on any atom is 0.329 e. The molecule has 2 aliphatic rings. The average Bonchev–Trinajstić information content (AvgIpc) is 2.75. The van der Waals surface area contributed by atoms with E-state index in [1.165, 1.54) is 6.42 Å². The molecule has 1 amide bonds. The first kappa shape index (κ1) is 24.7. The fraction of sp³-hybridized carbons (Fsp3) is 0.609. The number of benzene rings is 1. The quantitative estimate of drug-likeness (QED) is 0.633. The third-order valence-electron chi connectivity index (χ3n) is 5.88. The molecule has 0 bridgehead atoms. The third-order valence-corrected chi connectivity index (χ3v) is 5.88. The highest BCUT2D eigenvalue weighted by Crippen LogP contribution is 2.29. The van der Waals surface area contributed by atoms with Crippen molar-refractivity contribution in [3.63, 3.8) is 0 Å². The van der Waals surface area contributed by atoms with Crippen LogP contribution in [0, 0.1) is 0 Å². The molecule has 1 saturated carbocycles. The Morgan fingerprint density at radius 2 is 1.52 bits per heavy atom. The number of nitrogens with zero attached hydrogens (tertiary/aromatic N) is 2. The summed E-state index contributed by atoms with van der Waals surface area (Å²) in [5.41, 5.74) is 0.534. The first-order valence-electron chi connectivity index (χ1n) is 11.1. The Morgan fingerprint density at radius 1 is 0.968 bits per heavy atom. The van der Waals surface area contributed by atoms with Gasteiger partial charge in [0.05, 0.1) is 0 Å². The minimum Gasteiger partial charge on any atom is -0.481 e. The van der Waals surface area contributed by atoms with Crippen molar-refractivity contribution in [2.75, 3.05) is 37.6 Å². The zero-order valence-electron chi connectivity index (χ0n) is 18.6. The van der Waals surface area contributed by atoms with Gasteiger partial charge in [0.25, 0.3) is 11.9 Å². The smallest absolute Gasteiger partial charge is 0.329 e. The van der Waals surface area contributed by atoms with Gasteiger partial charge >= 0.3 is 5.97 Å². The van der Waals surface area contributed by atoms with Crippen molar-refractivity contribution in [2.45, 2.75) is 57.9 Å². The zero-order valence-corrected chi connectivity index (χ0v) is 18.6. The molecule has 3 N–H and O–H groups in total. The Hall–Kier alpha value is -2.61. The van der Waals surface area contributed by atoms with Gasteiger partial charge in [-0.3, -0.25) is 14.5 Å². The lowest BCUT2D eigenvalue weighted by molar-refractivity contribution is -0.146. The summed E-state index contributed by atoms with van der Waals surface area (Å²) in [5.74, 6) is -2.05. The summed E-state index contributed by atoms with van der Waals surface area (Å²) >= 11 is 0. The van der Waals surface area contributed by atoms with Crippen LogP contribution in [0.5, 0.6) is 0 Å². The monoisotopic (exact) mass is 433 g/mol. The molecule has 1 aromatic rings. The van der Waals surface area contributed by atoms with Gasteiger partial charge in [0.1, 0.15) is 5.54 Å². The number of rotatable bonds is 6. The summed E-state index contributed by atoms with van der Waals surface area (Å²) in [5, 5.41) is 19.9. The molecule has 3 rings (SSSR count). The molecule has 0 aromatic heterocycles. The van der Waals surface area contributed by atoms with Crippen molar-refractivity contribution in [3.05, 3.63) is 29.8 Å². The average molecular weight is 434 g/mol. The molecule has 0 unspecified atom stereocenters. The lowest BCUT2D eigenvalue weighted by Crippen LogP contribution is -2.55. The van der Waals surface area contributed by atoms with Crippen molar-refractivity contribution in [1.29, 1.82) is 0 Å². The minimum absolute atomic E-state index is 0.293. The van der Waals surface area contributed by atoms with Crippen LogP contribution in [-0.4, -0.2) is 71.2 Å². The van der Waals surface area contributed by atoms with Gasteiger partial charge in [0, 0.05) is 44.4 Å². The molecule has 0 spiro atoms. The topological polar surface area (TPSA) is 110 Å². The van der Waals surface area contributed by atoms with E-state index in [0.717, 1.165) is 64.6 Å². The number of aliphatic carboxylic acids is 2. The van der Waals surface area contributed by atoms with Crippen LogP contribution in [0.15, 0.2) is 24.3 Å². The second-order valence-corrected chi connectivity index (χ2v) is 8.30. The van der Waals surface area contributed by atoms with Gasteiger partial charge in [0.2, 0.25) is 0 Å². The van der Waals surface area contributed by atoms with Crippen LogP contribution in [0.1, 0.15) is 62.7 Å². The van der Waals surface area contributed by atoms with Crippen molar-refractivity contribution < 1.29 is 24.6 Å². The second kappa shape index (κ2) is 11.7. The molecule has 2 fully saturated rings. The lowest BCUT2D eigenvalue weighted by atomic mass is 9.81. The zero-order chi connectivity index (χ0) is 22.9. The molecule has 172 valence electrons. The maximum absolute atomic E-state index is 12.6. The highest BCUT2D eigenvalue weighted by Gasteiger charge is 2.41. The van der Waals surface area contributed by atoms with Crippen LogP contribution in [-0.2, 0) is 9.59 Å². The Kier molecular flexibility index (Phi) is 9.30. The largest absolute Gasteiger partial charge is 0.481 e. The maximum atomic E-state index is 12.6. The summed E-state index contributed by atoms with van der Waals surface area (Å²) in [4.78, 5) is 38.2. The number of hydrogen-bond donors (Lipinski definition) is 3. The first-order valence-corrected chi connectivity index (χ1v) is 11.1. The molecule has 8 heteroatoms. The minimum atomic E-state index is -1.11. The van der Waals surface area contributed by atoms with Crippen LogP contribution in [0.2, 0.25) is 0 Å². The fourth-order valence-corrected chi connectivity index (χ4v) is 4.21. The highest BCUT2D eigenvalue weighted by molar-refractivity contribution is 5.98. The Balaban J connectivity index is 0.000000785. The van der Waals surface area contributed by atoms with Gasteiger partial charge in [-0.1, -0.05) is 26.2 Å². The number of carbonyl (C=O) groups is 3. The molecular weight excluding hydrogens is 398 g/mol. The molecular formula is C23H35N3O5. The number of piperazine rings is 1. The van der Waals surface area contributed by atoms with E-state index >= 15 is 0 Å². The van der Waals surface area contributed by atoms with Crippen LogP contribution in [0.4, 0.5) is 5.69 Å². The number of amides is 1. The molecule has 1 aromatic carbocycles. The van der Waals surface area contributed by atoms with Crippen LogP contribution in [0.3, 0.4) is 0 Å². The van der Waals surface area contributed by atoms with Crippen LogP contribution < -0.4 is 10.2 Å². The number of nitrogens with one attached hydrogen (secondary N) is 1. The predicted octanol–water partition coefficient (Wildman–Crippen LogP) is 2.83. The van der Waals surface area contributed by atoms with Crippen LogP contribution >= 0.6 is 0 Å². The third kappa shape index (κ3) is 7.24. The molecule has 1 saturated heterocycles. The summed E-state index contributed by atoms with van der Waals surface area (Å²) in [6, 6.07) is 7.56. The normalized spacial score (nSPS) is 18.5. The van der Waals surface area contributed by atoms with Gasteiger partial charge < -0.3 is 20.4 Å². The molecule has 8 nitrogen and oxygen atoms in total. The van der Waals surface area contributed by atoms with Gasteiger partial charge in [-0.15, -0.1) is 0 Å². The Bertz CT molecular complexity index is 732. The Morgan fingerprint density at radius 3 is 2.00 bits per heavy atom. The van der Waals surface area contributed by atoms with E-state index in [1.54, 1.807) is 0 Å². The van der Waals surface area contributed by atoms with Gasteiger partial charge in [-0.25, -0.2) is 4.79 Å². The van der Waals surface area contributed by atoms with E-state index in [0.29, 0.717) is 18.4 Å². The molecule has 0 radical (unpaired) electrons. The van der Waals surface area contributed by atoms with Gasteiger partial charge in [-0.2, -0.15) is 0 Å². The summed E-state index contributed by atoms with van der Waals surface area (Å²) < 4.78 is 0. The Labute approximate surface area is 184 Å². The van der Waals surface area contributed by atoms with Crippen LogP contribution in [0.25, 0.3) is 0 Å². The molecule has 1 aliphatic heterocycles. The van der Waals surface area contributed by atoms with Crippen molar-refractivity contribution in [1.82, 2.24) is 10.2 Å². The lowest BCUT2D eigenvalue weighted by Gasteiger charge is -2.36. The van der Waals surface area contributed by atoms with E-state index in [-0.39, 0.29) is 5.91 Å². The second-order valence-electron chi connectivity index (χ2n) is 8.30. The fourth-order valence-electron chi connectivity index (χ4n) is 4.21. The summed E-state index contributed by atoms with van der Waals surface area (Å²) in [6.45, 7) is 8.56. The molecule has 31 heavy (non-hydrogen) atoms. The summed E-state index contributed by atoms with van der Waals surface area (Å²) in [7, 11) is 0. The van der Waals surface area contributed by atoms with Gasteiger partial charge in [0.15, 0.2) is 0 Å². The molecule has 0 atom stereocenters. The SMILES string of the molecule is CC(=O)O.CCCN1CCN(c2ccc(C(=O)NC3(C(=O)O)CCCCC3)cc2)CC1. The van der Waals surface area contributed by atoms with E-state index < -0.39 is 17.5 Å². The standard InChI is InChI=1S/C21H31N3O3.C2H4O2/c1-2-12-23-13-15-24(16-14-23)18-8-6-17(7-9-18)19(25)22-21(20(26)27)10-4-3-5-11-21;1-2(3)4/h6-9H,2-5,10-16H2,1H3,(H,22,25)(H,26,27);1H3,(H,3,4). The van der Waals surface area contributed by atoms with E-state index in [4.69, 9.17) is 9.90 Å². The predicted molar refractivity (Wildman–Crippen MR) is 120 cm³/mol. The number of carboxylic acids is 2. The number of carbonyl (C=O) groups excluding carboxylic acids is 1. The first-order chi connectivity index (χ1) is 14.8. The van der Waals surface area contributed by atoms with E-state index in [2.05, 4.69) is 22.0 Å². The number of hydrogen-bond acceptors (Lipinski definition) is 5. The molecule has 1 aliphatic carbocycles. The van der Waals surface area contributed by atoms with Crippen molar-refractivity contribution in [3.8, 4) is 0 Å². The van der Waals surface area contributed by atoms with Gasteiger partial charge in [-0.05, 0) is 50.1 Å². The van der Waals surface area contributed by atoms with Crippen molar-refractivity contribution in [2.24, 2.45) is 0 Å². The highest BCUT2D eigenvalue weighted by atomic mass is 16.4.